The van der Waals surface area contributed by atoms with Crippen molar-refractivity contribution in [3.63, 3.8) is 0 Å². The van der Waals surface area contributed by atoms with Crippen molar-refractivity contribution in [3.05, 3.63) is 33.9 Å². The Labute approximate surface area is 123 Å². The van der Waals surface area contributed by atoms with Gasteiger partial charge in [0.05, 0.1) is 4.92 Å². The zero-order valence-electron chi connectivity index (χ0n) is 12.0. The zero-order chi connectivity index (χ0) is 15.4. The Morgan fingerprint density at radius 1 is 1.57 bits per heavy atom. The van der Waals surface area contributed by atoms with Gasteiger partial charge in [-0.1, -0.05) is 0 Å². The molecule has 1 aromatic rings. The molecular weight excluding hydrogens is 272 g/mol. The molecule has 3 N–H and O–H groups in total. The molecule has 7 nitrogen and oxygen atoms in total. The number of nitrogens with two attached hydrogens (primary N) is 1. The summed E-state index contributed by atoms with van der Waals surface area (Å²) in [5.41, 5.74) is 5.75. The van der Waals surface area contributed by atoms with Crippen molar-refractivity contribution in [1.82, 2.24) is 10.2 Å². The van der Waals surface area contributed by atoms with Gasteiger partial charge in [0.15, 0.2) is 0 Å². The van der Waals surface area contributed by atoms with Crippen LogP contribution >= 0.6 is 0 Å². The van der Waals surface area contributed by atoms with Crippen molar-refractivity contribution < 1.29 is 9.72 Å². The molecule has 1 saturated heterocycles. The number of benzene rings is 1. The van der Waals surface area contributed by atoms with Gasteiger partial charge in [-0.3, -0.25) is 14.9 Å². The van der Waals surface area contributed by atoms with Crippen molar-refractivity contribution in [2.75, 3.05) is 32.4 Å². The third-order valence-electron chi connectivity index (χ3n) is 3.74. The molecule has 1 unspecified atom stereocenters. The van der Waals surface area contributed by atoms with Crippen LogP contribution < -0.4 is 11.1 Å². The highest BCUT2D eigenvalue weighted by molar-refractivity contribution is 5.99. The van der Waals surface area contributed by atoms with Gasteiger partial charge in [0.1, 0.15) is 5.56 Å². The predicted octanol–water partition coefficient (Wildman–Crippen LogP) is 1.25. The number of piperidine rings is 1. The van der Waals surface area contributed by atoms with Gasteiger partial charge in [-0.2, -0.15) is 0 Å². The molecule has 1 fully saturated rings. The van der Waals surface area contributed by atoms with Gasteiger partial charge in [-0.25, -0.2) is 0 Å². The van der Waals surface area contributed by atoms with Gasteiger partial charge in [-0.15, -0.1) is 0 Å². The summed E-state index contributed by atoms with van der Waals surface area (Å²) in [4.78, 5) is 24.8. The molecule has 1 amide bonds. The summed E-state index contributed by atoms with van der Waals surface area (Å²) in [7, 11) is 2.05. The molecule has 0 aliphatic carbocycles. The number of nitro benzene ring substituents is 1. The fraction of sp³-hybridized carbons (Fsp3) is 0.500. The molecule has 114 valence electrons. The van der Waals surface area contributed by atoms with Crippen LogP contribution in [0.2, 0.25) is 0 Å². The highest BCUT2D eigenvalue weighted by atomic mass is 16.6. The number of carbonyl (C=O) groups excluding carboxylic acids is 1. The first-order chi connectivity index (χ1) is 9.97. The Balaban J connectivity index is 2.03. The van der Waals surface area contributed by atoms with E-state index < -0.39 is 10.8 Å². The molecule has 0 saturated carbocycles. The normalized spacial score (nSPS) is 19.2. The molecule has 0 spiro atoms. The highest BCUT2D eigenvalue weighted by Gasteiger charge is 2.22. The van der Waals surface area contributed by atoms with E-state index in [4.69, 9.17) is 5.73 Å². The largest absolute Gasteiger partial charge is 0.399 e. The number of hydrogen-bond donors (Lipinski definition) is 2. The standard InChI is InChI=1S/C14H20N4O3/c1-17-6-2-3-10(9-17)8-16-14(19)12-7-11(15)4-5-13(12)18(20)21/h4-5,7,10H,2-3,6,8-9,15H2,1H3,(H,16,19). The second kappa shape index (κ2) is 6.53. The van der Waals surface area contributed by atoms with Crippen molar-refractivity contribution >= 4 is 17.3 Å². The fourth-order valence-corrected chi connectivity index (χ4v) is 2.67. The molecule has 1 heterocycles. The molecule has 1 aromatic carbocycles. The van der Waals surface area contributed by atoms with E-state index in [1.54, 1.807) is 0 Å². The van der Waals surface area contributed by atoms with Crippen LogP contribution in [0.3, 0.4) is 0 Å². The van der Waals surface area contributed by atoms with E-state index >= 15 is 0 Å². The van der Waals surface area contributed by atoms with Gasteiger partial charge in [0.2, 0.25) is 0 Å². The number of nitrogens with one attached hydrogen (secondary N) is 1. The van der Waals surface area contributed by atoms with Crippen LogP contribution in [0.25, 0.3) is 0 Å². The molecule has 7 heteroatoms. The lowest BCUT2D eigenvalue weighted by atomic mass is 9.98. The predicted molar refractivity (Wildman–Crippen MR) is 80.1 cm³/mol. The lowest BCUT2D eigenvalue weighted by Gasteiger charge is -2.29. The van der Waals surface area contributed by atoms with Crippen molar-refractivity contribution in [1.29, 1.82) is 0 Å². The van der Waals surface area contributed by atoms with Crippen molar-refractivity contribution in [2.24, 2.45) is 5.92 Å². The van der Waals surface area contributed by atoms with Crippen LogP contribution in [0.5, 0.6) is 0 Å². The first kappa shape index (κ1) is 15.2. The molecule has 0 radical (unpaired) electrons. The van der Waals surface area contributed by atoms with E-state index in [-0.39, 0.29) is 11.3 Å². The smallest absolute Gasteiger partial charge is 0.282 e. The van der Waals surface area contributed by atoms with E-state index in [0.29, 0.717) is 18.2 Å². The zero-order valence-corrected chi connectivity index (χ0v) is 12.0. The molecule has 2 rings (SSSR count). The quantitative estimate of drug-likeness (QED) is 0.494. The van der Waals surface area contributed by atoms with E-state index in [2.05, 4.69) is 17.3 Å². The summed E-state index contributed by atoms with van der Waals surface area (Å²) >= 11 is 0. The fourth-order valence-electron chi connectivity index (χ4n) is 2.67. The van der Waals surface area contributed by atoms with Gasteiger partial charge < -0.3 is 16.0 Å². The highest BCUT2D eigenvalue weighted by Crippen LogP contribution is 2.21. The number of carbonyl (C=O) groups is 1. The third-order valence-corrected chi connectivity index (χ3v) is 3.74. The maximum absolute atomic E-state index is 12.2. The molecule has 1 atom stereocenters. The Morgan fingerprint density at radius 3 is 3.00 bits per heavy atom. The molecule has 0 bridgehead atoms. The number of likely N-dealkylation sites (tertiary alicyclic amines) is 1. The lowest BCUT2D eigenvalue weighted by molar-refractivity contribution is -0.385. The van der Waals surface area contributed by atoms with Gasteiger partial charge in [0, 0.05) is 24.8 Å². The topological polar surface area (TPSA) is 102 Å². The summed E-state index contributed by atoms with van der Waals surface area (Å²) in [6.07, 6.45) is 2.17. The van der Waals surface area contributed by atoms with Crippen LogP contribution in [-0.4, -0.2) is 42.4 Å². The Hall–Kier alpha value is -2.15. The molecule has 21 heavy (non-hydrogen) atoms. The number of anilines is 1. The van der Waals surface area contributed by atoms with E-state index in [1.807, 2.05) is 0 Å². The number of amides is 1. The number of nitro groups is 1. The van der Waals surface area contributed by atoms with Crippen molar-refractivity contribution in [3.8, 4) is 0 Å². The van der Waals surface area contributed by atoms with E-state index in [1.165, 1.54) is 18.2 Å². The number of nitrogens with zero attached hydrogens (tertiary/aromatic N) is 2. The summed E-state index contributed by atoms with van der Waals surface area (Å²) in [5.74, 6) is -0.0601. The summed E-state index contributed by atoms with van der Waals surface area (Å²) < 4.78 is 0. The monoisotopic (exact) mass is 292 g/mol. The average Bonchev–Trinajstić information content (AvgIpc) is 2.44. The van der Waals surface area contributed by atoms with E-state index in [9.17, 15) is 14.9 Å². The minimum Gasteiger partial charge on any atom is -0.399 e. The van der Waals surface area contributed by atoms with Crippen LogP contribution in [-0.2, 0) is 0 Å². The molecule has 0 aromatic heterocycles. The van der Waals surface area contributed by atoms with Crippen LogP contribution in [0.1, 0.15) is 23.2 Å². The maximum atomic E-state index is 12.2. The first-order valence-corrected chi connectivity index (χ1v) is 6.98. The average molecular weight is 292 g/mol. The number of nitrogen functional groups attached to an aromatic ring is 1. The van der Waals surface area contributed by atoms with Crippen LogP contribution in [0.15, 0.2) is 18.2 Å². The minimum absolute atomic E-state index is 0.0177. The molecular formula is C14H20N4O3. The second-order valence-corrected chi connectivity index (χ2v) is 5.51. The summed E-state index contributed by atoms with van der Waals surface area (Å²) in [6, 6.07) is 4.03. The van der Waals surface area contributed by atoms with Gasteiger partial charge in [0.25, 0.3) is 11.6 Å². The Bertz CT molecular complexity index is 547. The number of hydrogen-bond acceptors (Lipinski definition) is 5. The van der Waals surface area contributed by atoms with Crippen LogP contribution in [0, 0.1) is 16.0 Å². The van der Waals surface area contributed by atoms with Gasteiger partial charge in [-0.05, 0) is 44.5 Å². The molecule has 1 aliphatic heterocycles. The Morgan fingerprint density at radius 2 is 2.33 bits per heavy atom. The van der Waals surface area contributed by atoms with Gasteiger partial charge >= 0.3 is 0 Å². The van der Waals surface area contributed by atoms with E-state index in [0.717, 1.165) is 25.9 Å². The van der Waals surface area contributed by atoms with Crippen LogP contribution in [0.4, 0.5) is 11.4 Å². The SMILES string of the molecule is CN1CCCC(CNC(=O)c2cc(N)ccc2[N+](=O)[O-])C1. The third kappa shape index (κ3) is 3.91. The molecule has 1 aliphatic rings. The maximum Gasteiger partial charge on any atom is 0.282 e. The summed E-state index contributed by atoms with van der Waals surface area (Å²) in [6.45, 7) is 2.53. The Kier molecular flexibility index (Phi) is 4.74. The second-order valence-electron chi connectivity index (χ2n) is 5.51. The van der Waals surface area contributed by atoms with Crippen molar-refractivity contribution in [2.45, 2.75) is 12.8 Å². The minimum atomic E-state index is -0.567. The lowest BCUT2D eigenvalue weighted by Crippen LogP contribution is -2.39. The first-order valence-electron chi connectivity index (χ1n) is 6.98. The summed E-state index contributed by atoms with van der Waals surface area (Å²) in [5, 5.41) is 13.8. The number of rotatable bonds is 4.